The molecule has 1 saturated heterocycles. The van der Waals surface area contributed by atoms with Gasteiger partial charge in [-0.3, -0.25) is 4.79 Å². The number of aliphatic hydroxyl groups excluding tert-OH is 1. The quantitative estimate of drug-likeness (QED) is 0.642. The molecule has 0 aromatic carbocycles. The summed E-state index contributed by atoms with van der Waals surface area (Å²) in [5.41, 5.74) is 0. The average Bonchev–Trinajstić information content (AvgIpc) is 2.28. The topological polar surface area (TPSA) is 61.4 Å². The van der Waals surface area contributed by atoms with Crippen LogP contribution in [-0.4, -0.2) is 36.8 Å². The van der Waals surface area contributed by atoms with Gasteiger partial charge in [0, 0.05) is 5.92 Å². The monoisotopic (exact) mass is 228 g/mol. The van der Waals surface area contributed by atoms with Gasteiger partial charge in [0.1, 0.15) is 0 Å². The Labute approximate surface area is 97.8 Å². The lowest BCUT2D eigenvalue weighted by molar-refractivity contribution is -0.126. The van der Waals surface area contributed by atoms with E-state index >= 15 is 0 Å². The minimum Gasteiger partial charge on any atom is -0.394 e. The van der Waals surface area contributed by atoms with Crippen LogP contribution in [0.1, 0.15) is 33.1 Å². The first kappa shape index (κ1) is 13.5. The molecule has 94 valence electrons. The first-order chi connectivity index (χ1) is 7.63. The van der Waals surface area contributed by atoms with E-state index < -0.39 is 0 Å². The molecule has 3 N–H and O–H groups in total. The van der Waals surface area contributed by atoms with E-state index in [-0.39, 0.29) is 24.5 Å². The molecule has 0 saturated carbocycles. The smallest absolute Gasteiger partial charge is 0.223 e. The van der Waals surface area contributed by atoms with Crippen LogP contribution in [0.25, 0.3) is 0 Å². The highest BCUT2D eigenvalue weighted by molar-refractivity contribution is 5.79. The van der Waals surface area contributed by atoms with Gasteiger partial charge in [-0.05, 0) is 38.3 Å². The van der Waals surface area contributed by atoms with Gasteiger partial charge < -0.3 is 15.7 Å². The first-order valence-corrected chi connectivity index (χ1v) is 6.25. The fraction of sp³-hybridized carbons (Fsp3) is 0.917. The van der Waals surface area contributed by atoms with Crippen molar-refractivity contribution < 1.29 is 9.90 Å². The normalized spacial score (nSPS) is 19.8. The number of piperidine rings is 1. The first-order valence-electron chi connectivity index (χ1n) is 6.25. The van der Waals surface area contributed by atoms with E-state index in [0.717, 1.165) is 32.4 Å². The third kappa shape index (κ3) is 4.49. The average molecular weight is 228 g/mol. The molecule has 1 rings (SSSR count). The Morgan fingerprint density at radius 2 is 2.06 bits per heavy atom. The number of amides is 1. The van der Waals surface area contributed by atoms with Gasteiger partial charge in [-0.15, -0.1) is 0 Å². The Hall–Kier alpha value is -0.610. The summed E-state index contributed by atoms with van der Waals surface area (Å²) >= 11 is 0. The van der Waals surface area contributed by atoms with Crippen LogP contribution in [0.3, 0.4) is 0 Å². The summed E-state index contributed by atoms with van der Waals surface area (Å²) in [6.45, 7) is 6.08. The van der Waals surface area contributed by atoms with Crippen LogP contribution in [0, 0.1) is 11.8 Å². The molecule has 0 aliphatic carbocycles. The summed E-state index contributed by atoms with van der Waals surface area (Å²) in [6, 6.07) is -0.0811. The Balaban J connectivity index is 2.35. The van der Waals surface area contributed by atoms with Crippen molar-refractivity contribution in [2.75, 3.05) is 19.7 Å². The molecular formula is C12H24N2O2. The molecule has 1 heterocycles. The number of aliphatic hydroxyl groups is 1. The Morgan fingerprint density at radius 3 is 2.56 bits per heavy atom. The van der Waals surface area contributed by atoms with E-state index in [0.29, 0.717) is 5.92 Å². The van der Waals surface area contributed by atoms with Crippen molar-refractivity contribution in [2.45, 2.75) is 39.2 Å². The molecule has 1 fully saturated rings. The molecule has 1 atom stereocenters. The Kier molecular flexibility index (Phi) is 5.77. The molecule has 1 aliphatic rings. The largest absolute Gasteiger partial charge is 0.394 e. The van der Waals surface area contributed by atoms with Gasteiger partial charge in [0.15, 0.2) is 0 Å². The standard InChI is InChI=1S/C12H24N2O2/c1-9(2)7-11(8-15)14-12(16)10-3-5-13-6-4-10/h9-11,13,15H,3-8H2,1-2H3,(H,14,16). The van der Waals surface area contributed by atoms with Crippen LogP contribution in [0.5, 0.6) is 0 Å². The summed E-state index contributed by atoms with van der Waals surface area (Å²) in [5, 5.41) is 15.4. The summed E-state index contributed by atoms with van der Waals surface area (Å²) in [4.78, 5) is 11.9. The fourth-order valence-electron chi connectivity index (χ4n) is 2.15. The third-order valence-corrected chi connectivity index (χ3v) is 3.03. The zero-order valence-electron chi connectivity index (χ0n) is 10.3. The summed E-state index contributed by atoms with van der Waals surface area (Å²) in [6.07, 6.45) is 2.66. The van der Waals surface area contributed by atoms with Crippen molar-refractivity contribution in [3.8, 4) is 0 Å². The highest BCUT2D eigenvalue weighted by Crippen LogP contribution is 2.13. The number of hydrogen-bond donors (Lipinski definition) is 3. The predicted molar refractivity (Wildman–Crippen MR) is 64.1 cm³/mol. The lowest BCUT2D eigenvalue weighted by Crippen LogP contribution is -2.44. The van der Waals surface area contributed by atoms with E-state index in [1.54, 1.807) is 0 Å². The minimum atomic E-state index is -0.0811. The number of carbonyl (C=O) groups is 1. The highest BCUT2D eigenvalue weighted by Gasteiger charge is 2.23. The van der Waals surface area contributed by atoms with Crippen molar-refractivity contribution in [1.29, 1.82) is 0 Å². The number of rotatable bonds is 5. The van der Waals surface area contributed by atoms with Gasteiger partial charge in [0.25, 0.3) is 0 Å². The minimum absolute atomic E-state index is 0.0366. The zero-order valence-corrected chi connectivity index (χ0v) is 10.3. The molecule has 1 amide bonds. The summed E-state index contributed by atoms with van der Waals surface area (Å²) in [5.74, 6) is 0.731. The van der Waals surface area contributed by atoms with Crippen LogP contribution in [0.4, 0.5) is 0 Å². The second-order valence-electron chi connectivity index (χ2n) is 5.04. The van der Waals surface area contributed by atoms with E-state index in [1.807, 2.05) is 0 Å². The molecule has 1 unspecified atom stereocenters. The number of carbonyl (C=O) groups excluding carboxylic acids is 1. The lowest BCUT2D eigenvalue weighted by Gasteiger charge is -2.25. The predicted octanol–water partition coefficient (Wildman–Crippen LogP) is 0.509. The SMILES string of the molecule is CC(C)CC(CO)NC(=O)C1CCNCC1. The van der Waals surface area contributed by atoms with E-state index in [4.69, 9.17) is 0 Å². The summed E-state index contributed by atoms with van der Waals surface area (Å²) < 4.78 is 0. The molecule has 4 heteroatoms. The van der Waals surface area contributed by atoms with Crippen LogP contribution in [-0.2, 0) is 4.79 Å². The maximum absolute atomic E-state index is 11.9. The Bertz CT molecular complexity index is 213. The maximum atomic E-state index is 11.9. The highest BCUT2D eigenvalue weighted by atomic mass is 16.3. The van der Waals surface area contributed by atoms with Crippen molar-refractivity contribution in [2.24, 2.45) is 11.8 Å². The van der Waals surface area contributed by atoms with Gasteiger partial charge in [-0.2, -0.15) is 0 Å². The van der Waals surface area contributed by atoms with Crippen LogP contribution < -0.4 is 10.6 Å². The molecule has 0 aromatic heterocycles. The maximum Gasteiger partial charge on any atom is 0.223 e. The molecule has 16 heavy (non-hydrogen) atoms. The van der Waals surface area contributed by atoms with E-state index in [1.165, 1.54) is 0 Å². The van der Waals surface area contributed by atoms with Gasteiger partial charge in [-0.25, -0.2) is 0 Å². The molecule has 0 radical (unpaired) electrons. The third-order valence-electron chi connectivity index (χ3n) is 3.03. The number of nitrogens with one attached hydrogen (secondary N) is 2. The second kappa shape index (κ2) is 6.86. The van der Waals surface area contributed by atoms with E-state index in [2.05, 4.69) is 24.5 Å². The molecular weight excluding hydrogens is 204 g/mol. The van der Waals surface area contributed by atoms with E-state index in [9.17, 15) is 9.90 Å². The van der Waals surface area contributed by atoms with Gasteiger partial charge in [-0.1, -0.05) is 13.8 Å². The molecule has 0 bridgehead atoms. The second-order valence-corrected chi connectivity index (χ2v) is 5.04. The van der Waals surface area contributed by atoms with Crippen molar-refractivity contribution in [3.63, 3.8) is 0 Å². The van der Waals surface area contributed by atoms with Crippen molar-refractivity contribution in [1.82, 2.24) is 10.6 Å². The van der Waals surface area contributed by atoms with Gasteiger partial charge >= 0.3 is 0 Å². The molecule has 4 nitrogen and oxygen atoms in total. The van der Waals surface area contributed by atoms with Crippen LogP contribution in [0.15, 0.2) is 0 Å². The lowest BCUT2D eigenvalue weighted by atomic mass is 9.96. The van der Waals surface area contributed by atoms with Gasteiger partial charge in [0.2, 0.25) is 5.91 Å². The van der Waals surface area contributed by atoms with Crippen molar-refractivity contribution in [3.05, 3.63) is 0 Å². The van der Waals surface area contributed by atoms with Crippen LogP contribution in [0.2, 0.25) is 0 Å². The number of hydrogen-bond acceptors (Lipinski definition) is 3. The fourth-order valence-corrected chi connectivity index (χ4v) is 2.15. The molecule has 0 spiro atoms. The zero-order chi connectivity index (χ0) is 12.0. The molecule has 0 aromatic rings. The van der Waals surface area contributed by atoms with Crippen molar-refractivity contribution >= 4 is 5.91 Å². The summed E-state index contributed by atoms with van der Waals surface area (Å²) in [7, 11) is 0. The van der Waals surface area contributed by atoms with Gasteiger partial charge in [0.05, 0.1) is 12.6 Å². The molecule has 1 aliphatic heterocycles. The van der Waals surface area contributed by atoms with Crippen LogP contribution >= 0.6 is 0 Å². The Morgan fingerprint density at radius 1 is 1.44 bits per heavy atom.